The van der Waals surface area contributed by atoms with Gasteiger partial charge >= 0.3 is 6.18 Å². The van der Waals surface area contributed by atoms with Gasteiger partial charge in [-0.2, -0.15) is 17.5 Å². The highest BCUT2D eigenvalue weighted by Crippen LogP contribution is 2.49. The zero-order valence-corrected chi connectivity index (χ0v) is 17.9. The Morgan fingerprint density at radius 2 is 1.97 bits per heavy atom. The summed E-state index contributed by atoms with van der Waals surface area (Å²) in [5, 5.41) is 3.14. The minimum absolute atomic E-state index is 0.0550. The minimum atomic E-state index is -4.50. The van der Waals surface area contributed by atoms with Gasteiger partial charge in [-0.15, -0.1) is 0 Å². The fraction of sp³-hybridized carbons (Fsp3) is 0.333. The molecule has 1 saturated heterocycles. The molecule has 1 N–H and O–H groups in total. The third-order valence-corrected chi connectivity index (χ3v) is 7.90. The molecule has 3 aromatic rings. The number of hydrogen-bond donors (Lipinski definition) is 1. The number of halogens is 3. The summed E-state index contributed by atoms with van der Waals surface area (Å²) in [4.78, 5) is 8.08. The summed E-state index contributed by atoms with van der Waals surface area (Å²) in [6.45, 7) is 0.283. The van der Waals surface area contributed by atoms with Crippen molar-refractivity contribution in [2.45, 2.75) is 29.1 Å². The van der Waals surface area contributed by atoms with E-state index in [1.807, 2.05) is 24.3 Å². The molecule has 0 spiro atoms. The summed E-state index contributed by atoms with van der Waals surface area (Å²) in [6.07, 6.45) is -0.0686. The summed E-state index contributed by atoms with van der Waals surface area (Å²) in [5.41, 5.74) is 0.412. The first-order chi connectivity index (χ1) is 15.1. The second-order valence-electron chi connectivity index (χ2n) is 8.31. The van der Waals surface area contributed by atoms with E-state index in [0.29, 0.717) is 6.42 Å². The number of pyridine rings is 1. The Bertz CT molecular complexity index is 1290. The molecule has 1 aliphatic carbocycles. The van der Waals surface area contributed by atoms with Gasteiger partial charge in [-0.1, -0.05) is 24.3 Å². The maximum Gasteiger partial charge on any atom is 0.416 e. The van der Waals surface area contributed by atoms with E-state index in [0.717, 1.165) is 29.5 Å². The Morgan fingerprint density at radius 3 is 2.69 bits per heavy atom. The molecule has 5 rings (SSSR count). The maximum atomic E-state index is 13.2. The normalized spacial score (nSPS) is 23.2. The van der Waals surface area contributed by atoms with Crippen molar-refractivity contribution in [3.8, 4) is 0 Å². The molecule has 11 heteroatoms. The molecule has 0 amide bonds. The average Bonchev–Trinajstić information content (AvgIpc) is 3.39. The van der Waals surface area contributed by atoms with Crippen molar-refractivity contribution >= 4 is 15.8 Å². The number of nitrogens with one attached hydrogen (secondary N) is 1. The number of aryl methyl sites for hydroxylation is 1. The van der Waals surface area contributed by atoms with Crippen LogP contribution in [0.2, 0.25) is 0 Å². The number of imidazole rings is 1. The molecule has 0 radical (unpaired) electrons. The van der Waals surface area contributed by atoms with Gasteiger partial charge in [0.15, 0.2) is 5.03 Å². The largest absolute Gasteiger partial charge is 0.416 e. The molecule has 32 heavy (non-hydrogen) atoms. The zero-order chi connectivity index (χ0) is 22.7. The number of nitrogens with zero attached hydrogens (tertiary/aromatic N) is 4. The molecule has 2 aromatic heterocycles. The van der Waals surface area contributed by atoms with E-state index in [9.17, 15) is 21.6 Å². The molecule has 0 saturated carbocycles. The Kier molecular flexibility index (Phi) is 4.61. The SMILES string of the molecule is Cn1cnc(S(=O)(=O)N2CC3c4ccccc4CC3(Nc3cc(C(F)(F)F)ccn3)C2)c1. The van der Waals surface area contributed by atoms with Crippen molar-refractivity contribution in [2.75, 3.05) is 18.4 Å². The highest BCUT2D eigenvalue weighted by Gasteiger charge is 2.55. The van der Waals surface area contributed by atoms with Crippen LogP contribution in [-0.4, -0.2) is 45.9 Å². The lowest BCUT2D eigenvalue weighted by Crippen LogP contribution is -2.45. The minimum Gasteiger partial charge on any atom is -0.362 e. The van der Waals surface area contributed by atoms with Crippen molar-refractivity contribution in [1.82, 2.24) is 18.8 Å². The number of anilines is 1. The third-order valence-electron chi connectivity index (χ3n) is 6.20. The summed E-state index contributed by atoms with van der Waals surface area (Å²) in [7, 11) is -2.18. The monoisotopic (exact) mass is 463 g/mol. The smallest absolute Gasteiger partial charge is 0.362 e. The average molecular weight is 463 g/mol. The molecule has 0 bridgehead atoms. The second-order valence-corrected chi connectivity index (χ2v) is 10.2. The van der Waals surface area contributed by atoms with Crippen molar-refractivity contribution in [1.29, 1.82) is 0 Å². The van der Waals surface area contributed by atoms with Crippen molar-refractivity contribution in [2.24, 2.45) is 7.05 Å². The van der Waals surface area contributed by atoms with Crippen molar-refractivity contribution in [3.05, 3.63) is 71.8 Å². The number of sulfonamides is 1. The van der Waals surface area contributed by atoms with E-state index in [2.05, 4.69) is 15.3 Å². The van der Waals surface area contributed by atoms with Gasteiger partial charge in [0.25, 0.3) is 10.0 Å². The molecule has 1 fully saturated rings. The molecule has 1 aromatic carbocycles. The van der Waals surface area contributed by atoms with Gasteiger partial charge in [-0.05, 0) is 29.7 Å². The second kappa shape index (κ2) is 7.04. The summed E-state index contributed by atoms with van der Waals surface area (Å²) in [5.74, 6) is -0.178. The van der Waals surface area contributed by atoms with Crippen LogP contribution < -0.4 is 5.32 Å². The van der Waals surface area contributed by atoms with Crippen LogP contribution >= 0.6 is 0 Å². The predicted molar refractivity (Wildman–Crippen MR) is 110 cm³/mol. The van der Waals surface area contributed by atoms with Crippen molar-refractivity contribution < 1.29 is 21.6 Å². The topological polar surface area (TPSA) is 80.1 Å². The molecule has 2 atom stereocenters. The van der Waals surface area contributed by atoms with Gasteiger partial charge in [0.2, 0.25) is 0 Å². The van der Waals surface area contributed by atoms with Gasteiger partial charge in [0.05, 0.1) is 17.4 Å². The van der Waals surface area contributed by atoms with Crippen LogP contribution in [-0.2, 0) is 29.7 Å². The molecular formula is C21H20F3N5O2S. The lowest BCUT2D eigenvalue weighted by atomic mass is 9.88. The lowest BCUT2D eigenvalue weighted by molar-refractivity contribution is -0.137. The first kappa shape index (κ1) is 21.0. The van der Waals surface area contributed by atoms with E-state index >= 15 is 0 Å². The van der Waals surface area contributed by atoms with Gasteiger partial charge in [0, 0.05) is 38.4 Å². The molecule has 7 nitrogen and oxygen atoms in total. The Hall–Kier alpha value is -2.92. The zero-order valence-electron chi connectivity index (χ0n) is 17.0. The van der Waals surface area contributed by atoms with Gasteiger partial charge in [-0.3, -0.25) is 0 Å². The highest BCUT2D eigenvalue weighted by molar-refractivity contribution is 7.89. The van der Waals surface area contributed by atoms with Crippen LogP contribution in [0.3, 0.4) is 0 Å². The summed E-state index contributed by atoms with van der Waals surface area (Å²) < 4.78 is 69.0. The van der Waals surface area contributed by atoms with Crippen LogP contribution in [0.4, 0.5) is 19.0 Å². The van der Waals surface area contributed by atoms with Crippen LogP contribution in [0, 0.1) is 0 Å². The first-order valence-corrected chi connectivity index (χ1v) is 11.4. The molecule has 168 valence electrons. The van der Waals surface area contributed by atoms with Crippen LogP contribution in [0.25, 0.3) is 0 Å². The molecule has 3 heterocycles. The standard InChI is InChI=1S/C21H20F3N5O2S/c1-28-11-19(26-13-28)32(30,31)29-10-17-16-5-3-2-4-14(16)9-20(17,12-29)27-18-8-15(6-7-25-18)21(22,23)24/h2-8,11,13,17H,9-10,12H2,1H3,(H,25,27). The number of fused-ring (bicyclic) bond motifs is 3. The van der Waals surface area contributed by atoms with Gasteiger partial charge in [-0.25, -0.2) is 18.4 Å². The molecule has 1 aliphatic heterocycles. The van der Waals surface area contributed by atoms with E-state index < -0.39 is 27.3 Å². The quantitative estimate of drug-likeness (QED) is 0.644. The lowest BCUT2D eigenvalue weighted by Gasteiger charge is -2.31. The Balaban J connectivity index is 1.53. The van der Waals surface area contributed by atoms with Gasteiger partial charge in [0.1, 0.15) is 5.82 Å². The summed E-state index contributed by atoms with van der Waals surface area (Å²) in [6, 6.07) is 9.57. The van der Waals surface area contributed by atoms with E-state index in [1.165, 1.54) is 16.8 Å². The van der Waals surface area contributed by atoms with Crippen LogP contribution in [0.1, 0.15) is 22.6 Å². The van der Waals surface area contributed by atoms with Crippen LogP contribution in [0.15, 0.2) is 60.1 Å². The van der Waals surface area contributed by atoms with Crippen molar-refractivity contribution in [3.63, 3.8) is 0 Å². The molecule has 2 unspecified atom stereocenters. The Morgan fingerprint density at radius 1 is 1.19 bits per heavy atom. The third kappa shape index (κ3) is 3.36. The molecular weight excluding hydrogens is 443 g/mol. The van der Waals surface area contributed by atoms with E-state index in [-0.39, 0.29) is 29.9 Å². The summed E-state index contributed by atoms with van der Waals surface area (Å²) >= 11 is 0. The highest BCUT2D eigenvalue weighted by atomic mass is 32.2. The van der Waals surface area contributed by atoms with Gasteiger partial charge < -0.3 is 9.88 Å². The fourth-order valence-corrected chi connectivity index (χ4v) is 6.25. The number of hydrogen-bond acceptors (Lipinski definition) is 5. The van der Waals surface area contributed by atoms with E-state index in [1.54, 1.807) is 11.6 Å². The first-order valence-electron chi connectivity index (χ1n) is 9.96. The number of rotatable bonds is 4. The predicted octanol–water partition coefficient (Wildman–Crippen LogP) is 3.03. The number of aromatic nitrogens is 3. The van der Waals surface area contributed by atoms with Crippen LogP contribution in [0.5, 0.6) is 0 Å². The maximum absolute atomic E-state index is 13.2. The van der Waals surface area contributed by atoms with E-state index in [4.69, 9.17) is 0 Å². The number of alkyl halides is 3. The Labute approximate surface area is 183 Å². The number of benzene rings is 1. The fourth-order valence-electron chi connectivity index (χ4n) is 4.76. The molecule has 2 aliphatic rings.